The van der Waals surface area contributed by atoms with Gasteiger partial charge in [0.05, 0.1) is 13.2 Å². The van der Waals surface area contributed by atoms with E-state index in [0.29, 0.717) is 36.1 Å². The van der Waals surface area contributed by atoms with Gasteiger partial charge in [-0.1, -0.05) is 58.7 Å². The first-order chi connectivity index (χ1) is 21.6. The third-order valence-electron chi connectivity index (χ3n) is 8.73. The van der Waals surface area contributed by atoms with Gasteiger partial charge >= 0.3 is 18.1 Å². The number of aliphatic carboxylic acids is 1. The van der Waals surface area contributed by atoms with Gasteiger partial charge in [0.15, 0.2) is 0 Å². The summed E-state index contributed by atoms with van der Waals surface area (Å²) in [6.45, 7) is 11.4. The Labute approximate surface area is 271 Å². The van der Waals surface area contributed by atoms with Crippen molar-refractivity contribution in [1.82, 2.24) is 19.7 Å². The molecule has 1 saturated heterocycles. The van der Waals surface area contributed by atoms with Crippen molar-refractivity contribution in [2.75, 3.05) is 7.11 Å². The van der Waals surface area contributed by atoms with E-state index in [1.807, 2.05) is 65.8 Å². The summed E-state index contributed by atoms with van der Waals surface area (Å²) < 4.78 is 4.94. The number of likely N-dealkylation sites (tertiary alicyclic amines) is 1. The Balaban J connectivity index is 2.28. The second kappa shape index (κ2) is 15.6. The molecule has 12 heteroatoms. The minimum absolute atomic E-state index is 0.0297. The SMILES string of the molecule is CCCC[C@H](C(=O)O)N(C(=O)OC)C(=O)[C@H](Cc1c[nH]c2ccccc12)N(C(=O)[C@@H](N)CC(C)(C)C)C(=O)N1[C@H](C)CCC[C@@H]1C. The second-order valence-electron chi connectivity index (χ2n) is 13.7. The number of nitrogens with one attached hydrogen (secondary N) is 1. The monoisotopic (exact) mass is 641 g/mol. The highest BCUT2D eigenvalue weighted by atomic mass is 16.5. The smallest absolute Gasteiger partial charge is 0.417 e. The second-order valence-corrected chi connectivity index (χ2v) is 13.7. The number of carbonyl (C=O) groups is 5. The third kappa shape index (κ3) is 8.45. The van der Waals surface area contributed by atoms with Crippen LogP contribution >= 0.6 is 0 Å². The summed E-state index contributed by atoms with van der Waals surface area (Å²) in [4.78, 5) is 75.9. The Kier molecular flexibility index (Phi) is 12.4. The average Bonchev–Trinajstić information content (AvgIpc) is 3.39. The molecule has 0 saturated carbocycles. The summed E-state index contributed by atoms with van der Waals surface area (Å²) in [5, 5.41) is 11.0. The van der Waals surface area contributed by atoms with Crippen LogP contribution < -0.4 is 5.73 Å². The number of carboxylic acid groups (broad SMARTS) is 1. The maximum absolute atomic E-state index is 14.8. The van der Waals surface area contributed by atoms with Crippen molar-refractivity contribution in [3.05, 3.63) is 36.0 Å². The van der Waals surface area contributed by atoms with Gasteiger partial charge in [0.25, 0.3) is 5.91 Å². The largest absolute Gasteiger partial charge is 0.480 e. The molecule has 5 atom stereocenters. The number of para-hydroxylation sites is 1. The normalized spacial score (nSPS) is 18.8. The number of imide groups is 2. The standard InChI is InChI=1S/C34H51N5O7/c1-8-9-17-27(31(42)43)39(33(45)46-7)30(41)28(18-23-20-36-26-16-11-10-15-24(23)26)38(29(40)25(35)19-34(4,5)6)32(44)37-21(2)13-12-14-22(37)3/h10-11,15-16,20-22,25,27-28,36H,8-9,12-14,17-19,35H2,1-7H3,(H,42,43)/t21-,22+,25-,27+,28-/m0/s1. The lowest BCUT2D eigenvalue weighted by Gasteiger charge is -2.44. The van der Waals surface area contributed by atoms with Crippen LogP contribution in [0.2, 0.25) is 0 Å². The minimum Gasteiger partial charge on any atom is -0.480 e. The zero-order valence-electron chi connectivity index (χ0n) is 28.2. The maximum Gasteiger partial charge on any atom is 0.417 e. The van der Waals surface area contributed by atoms with Crippen LogP contribution in [0.4, 0.5) is 9.59 Å². The first kappa shape index (κ1) is 36.5. The van der Waals surface area contributed by atoms with Gasteiger partial charge in [0, 0.05) is 35.6 Å². The van der Waals surface area contributed by atoms with E-state index in [2.05, 4.69) is 4.98 Å². The maximum atomic E-state index is 14.8. The van der Waals surface area contributed by atoms with Crippen molar-refractivity contribution in [2.24, 2.45) is 11.1 Å². The lowest BCUT2D eigenvalue weighted by Crippen LogP contribution is -2.65. The molecular formula is C34H51N5O7. The molecule has 0 radical (unpaired) electrons. The number of hydrogen-bond donors (Lipinski definition) is 3. The molecular weight excluding hydrogens is 590 g/mol. The molecule has 4 N–H and O–H groups in total. The molecule has 46 heavy (non-hydrogen) atoms. The van der Waals surface area contributed by atoms with Gasteiger partial charge in [-0.3, -0.25) is 9.59 Å². The number of urea groups is 1. The van der Waals surface area contributed by atoms with E-state index >= 15 is 0 Å². The molecule has 0 bridgehead atoms. The number of carboxylic acids is 1. The van der Waals surface area contributed by atoms with Gasteiger partial charge in [-0.25, -0.2) is 24.2 Å². The van der Waals surface area contributed by atoms with Crippen molar-refractivity contribution in [3.63, 3.8) is 0 Å². The topological polar surface area (TPSA) is 166 Å². The van der Waals surface area contributed by atoms with Crippen molar-refractivity contribution in [2.45, 2.75) is 123 Å². The highest BCUT2D eigenvalue weighted by molar-refractivity contribution is 6.06. The number of amides is 5. The van der Waals surface area contributed by atoms with Crippen molar-refractivity contribution in [3.8, 4) is 0 Å². The van der Waals surface area contributed by atoms with Crippen LogP contribution in [0.15, 0.2) is 30.5 Å². The number of aromatic amines is 1. The molecule has 0 unspecified atom stereocenters. The summed E-state index contributed by atoms with van der Waals surface area (Å²) >= 11 is 0. The molecule has 3 rings (SSSR count). The molecule has 254 valence electrons. The van der Waals surface area contributed by atoms with Crippen LogP contribution in [0, 0.1) is 5.41 Å². The van der Waals surface area contributed by atoms with E-state index in [4.69, 9.17) is 10.5 Å². The predicted octanol–water partition coefficient (Wildman–Crippen LogP) is 5.29. The number of nitrogens with two attached hydrogens (primary N) is 1. The molecule has 1 aliphatic heterocycles. The van der Waals surface area contributed by atoms with Crippen LogP contribution in [-0.2, 0) is 25.5 Å². The lowest BCUT2D eigenvalue weighted by atomic mass is 9.87. The van der Waals surface area contributed by atoms with Crippen LogP contribution in [0.5, 0.6) is 0 Å². The predicted molar refractivity (Wildman–Crippen MR) is 175 cm³/mol. The zero-order valence-corrected chi connectivity index (χ0v) is 28.2. The quantitative estimate of drug-likeness (QED) is 0.298. The van der Waals surface area contributed by atoms with Crippen LogP contribution in [0.1, 0.15) is 92.1 Å². The fraction of sp³-hybridized carbons (Fsp3) is 0.618. The molecule has 1 aromatic carbocycles. The summed E-state index contributed by atoms with van der Waals surface area (Å²) in [6, 6.07) is 1.87. The number of carbonyl (C=O) groups excluding carboxylic acids is 4. The Morgan fingerprint density at radius 3 is 2.24 bits per heavy atom. The Bertz CT molecular complexity index is 1390. The Hall–Kier alpha value is -3.93. The molecule has 1 aliphatic rings. The van der Waals surface area contributed by atoms with E-state index in [-0.39, 0.29) is 31.3 Å². The fourth-order valence-electron chi connectivity index (χ4n) is 6.42. The summed E-state index contributed by atoms with van der Waals surface area (Å²) in [5.41, 5.74) is 7.49. The number of benzene rings is 1. The third-order valence-corrected chi connectivity index (χ3v) is 8.73. The zero-order chi connectivity index (χ0) is 34.3. The molecule has 1 aromatic heterocycles. The molecule has 12 nitrogen and oxygen atoms in total. The number of ether oxygens (including phenoxy) is 1. The van der Waals surface area contributed by atoms with Crippen molar-refractivity contribution < 1.29 is 33.8 Å². The summed E-state index contributed by atoms with van der Waals surface area (Å²) in [5.74, 6) is -3.19. The molecule has 2 aromatic rings. The van der Waals surface area contributed by atoms with Gasteiger partial charge in [0.2, 0.25) is 5.91 Å². The Morgan fingerprint density at radius 1 is 1.04 bits per heavy atom. The van der Waals surface area contributed by atoms with Crippen LogP contribution in [-0.4, -0.2) is 92.0 Å². The van der Waals surface area contributed by atoms with E-state index in [1.165, 1.54) is 0 Å². The molecule has 0 spiro atoms. The van der Waals surface area contributed by atoms with Crippen LogP contribution in [0.3, 0.4) is 0 Å². The summed E-state index contributed by atoms with van der Waals surface area (Å²) in [7, 11) is 1.06. The highest BCUT2D eigenvalue weighted by Crippen LogP contribution is 2.30. The first-order valence-corrected chi connectivity index (χ1v) is 16.2. The number of rotatable bonds is 11. The molecule has 5 amide bonds. The number of hydrogen-bond acceptors (Lipinski definition) is 7. The van der Waals surface area contributed by atoms with E-state index < -0.39 is 53.4 Å². The Morgan fingerprint density at radius 2 is 1.67 bits per heavy atom. The lowest BCUT2D eigenvalue weighted by molar-refractivity contribution is -0.152. The first-order valence-electron chi connectivity index (χ1n) is 16.2. The van der Waals surface area contributed by atoms with Gasteiger partial charge in [-0.2, -0.15) is 0 Å². The average molecular weight is 642 g/mol. The van der Waals surface area contributed by atoms with Gasteiger partial charge in [-0.15, -0.1) is 0 Å². The van der Waals surface area contributed by atoms with Crippen molar-refractivity contribution >= 4 is 40.8 Å². The van der Waals surface area contributed by atoms with Gasteiger partial charge < -0.3 is 25.5 Å². The minimum atomic E-state index is -1.60. The van der Waals surface area contributed by atoms with E-state index in [0.717, 1.165) is 29.3 Å². The number of H-pyrrole nitrogens is 1. The van der Waals surface area contributed by atoms with E-state index in [9.17, 15) is 29.1 Å². The van der Waals surface area contributed by atoms with Crippen LogP contribution in [0.25, 0.3) is 10.9 Å². The summed E-state index contributed by atoms with van der Waals surface area (Å²) in [6.07, 6.45) is 3.83. The van der Waals surface area contributed by atoms with Gasteiger partial charge in [0.1, 0.15) is 12.1 Å². The fourth-order valence-corrected chi connectivity index (χ4v) is 6.42. The number of aromatic nitrogens is 1. The highest BCUT2D eigenvalue weighted by Gasteiger charge is 2.47. The number of methoxy groups -OCH3 is 1. The number of nitrogens with zero attached hydrogens (tertiary/aromatic N) is 3. The van der Waals surface area contributed by atoms with Gasteiger partial charge in [-0.05, 0) is 63.0 Å². The molecule has 0 aliphatic carbocycles. The number of unbranched alkanes of at least 4 members (excludes halogenated alkanes) is 1. The molecule has 2 heterocycles. The van der Waals surface area contributed by atoms with E-state index in [1.54, 1.807) is 11.1 Å². The molecule has 1 fully saturated rings. The number of fused-ring (bicyclic) bond motifs is 1. The number of piperidine rings is 1. The van der Waals surface area contributed by atoms with Crippen molar-refractivity contribution in [1.29, 1.82) is 0 Å².